The second-order valence-corrected chi connectivity index (χ2v) is 2.92. The average molecular weight is 222 g/mol. The molecule has 0 aromatic carbocycles. The summed E-state index contributed by atoms with van der Waals surface area (Å²) in [4.78, 5) is 25.2. The van der Waals surface area contributed by atoms with Crippen molar-refractivity contribution in [1.29, 1.82) is 0 Å². The smallest absolute Gasteiger partial charge is 0.323 e. The van der Waals surface area contributed by atoms with Crippen molar-refractivity contribution in [1.82, 2.24) is 10.9 Å². The van der Waals surface area contributed by atoms with Gasteiger partial charge in [0.1, 0.15) is 0 Å². The van der Waals surface area contributed by atoms with E-state index in [1.54, 1.807) is 7.11 Å². The van der Waals surface area contributed by atoms with Gasteiger partial charge in [0.05, 0.1) is 19.3 Å². The zero-order valence-electron chi connectivity index (χ0n) is 9.48. The molecule has 15 heavy (non-hydrogen) atoms. The summed E-state index contributed by atoms with van der Waals surface area (Å²) in [7, 11) is 1.55. The van der Waals surface area contributed by atoms with E-state index in [4.69, 9.17) is 14.4 Å². The third-order valence-corrected chi connectivity index (χ3v) is 1.07. The van der Waals surface area contributed by atoms with Crippen molar-refractivity contribution in [2.75, 3.05) is 20.3 Å². The minimum absolute atomic E-state index is 0.115. The van der Waals surface area contributed by atoms with Gasteiger partial charge in [0.25, 0.3) is 0 Å². The summed E-state index contributed by atoms with van der Waals surface area (Å²) in [6.07, 6.45) is -0.115. The first-order valence-corrected chi connectivity index (χ1v) is 4.58. The molecular weight excluding hydrogens is 204 g/mol. The number of carbonyl (C=O) groups is 1. The van der Waals surface area contributed by atoms with Crippen molar-refractivity contribution in [2.24, 2.45) is 0 Å². The number of rotatable bonds is 8. The summed E-state index contributed by atoms with van der Waals surface area (Å²) in [5, 5.41) is 0.880. The Labute approximate surface area is 89.1 Å². The number of ether oxygens (including phenoxy) is 1. The third-order valence-electron chi connectivity index (χ3n) is 1.07. The van der Waals surface area contributed by atoms with Crippen LogP contribution < -0.4 is 5.59 Å². The molecule has 0 fully saturated rings. The highest BCUT2D eigenvalue weighted by molar-refractivity contribution is 5.65. The summed E-state index contributed by atoms with van der Waals surface area (Å²) < 4.78 is 4.78. The summed E-state index contributed by atoms with van der Waals surface area (Å²) in [5.41, 5.74) is 2.19. The molecule has 0 aromatic rings. The second kappa shape index (κ2) is 8.57. The van der Waals surface area contributed by atoms with Gasteiger partial charge >= 0.3 is 5.97 Å². The largest absolute Gasteiger partial charge is 0.382 e. The van der Waals surface area contributed by atoms with Gasteiger partial charge in [-0.2, -0.15) is 0 Å². The molecule has 0 atom stereocenters. The Hall–Kier alpha value is -0.730. The summed E-state index contributed by atoms with van der Waals surface area (Å²) in [6.45, 7) is 5.55. The standard InChI is InChI=1S/C8H18N2O5/c1-7(2)15-10(9-14-8(3)11)13-6-5-12-4/h7,9H,5-6H2,1-4H3. The van der Waals surface area contributed by atoms with Crippen molar-refractivity contribution in [3.8, 4) is 0 Å². The lowest BCUT2D eigenvalue weighted by atomic mass is 10.5. The average Bonchev–Trinajstić information content (AvgIpc) is 2.13. The van der Waals surface area contributed by atoms with E-state index in [0.29, 0.717) is 6.61 Å². The van der Waals surface area contributed by atoms with Crippen molar-refractivity contribution in [2.45, 2.75) is 26.9 Å². The molecule has 0 unspecified atom stereocenters. The van der Waals surface area contributed by atoms with E-state index in [2.05, 4.69) is 10.4 Å². The van der Waals surface area contributed by atoms with Crippen LogP contribution in [0.5, 0.6) is 0 Å². The third kappa shape index (κ3) is 9.57. The van der Waals surface area contributed by atoms with Crippen LogP contribution in [-0.4, -0.2) is 37.7 Å². The maximum atomic E-state index is 10.5. The fourth-order valence-corrected chi connectivity index (χ4v) is 0.575. The fourth-order valence-electron chi connectivity index (χ4n) is 0.575. The van der Waals surface area contributed by atoms with E-state index in [1.807, 2.05) is 13.8 Å². The number of methoxy groups -OCH3 is 1. The number of nitrogens with zero attached hydrogens (tertiary/aromatic N) is 1. The van der Waals surface area contributed by atoms with Crippen LogP contribution in [-0.2, 0) is 24.0 Å². The Bertz CT molecular complexity index is 176. The Kier molecular flexibility index (Phi) is 8.15. The highest BCUT2D eigenvalue weighted by atomic mass is 17.0. The number of carbonyl (C=O) groups excluding carboxylic acids is 1. The summed E-state index contributed by atoms with van der Waals surface area (Å²) in [6, 6.07) is 0. The van der Waals surface area contributed by atoms with Gasteiger partial charge in [-0.3, -0.25) is 14.5 Å². The summed E-state index contributed by atoms with van der Waals surface area (Å²) in [5.74, 6) is -0.498. The van der Waals surface area contributed by atoms with E-state index in [1.165, 1.54) is 6.92 Å². The number of hydrogen-bond donors (Lipinski definition) is 1. The van der Waals surface area contributed by atoms with Crippen molar-refractivity contribution in [3.63, 3.8) is 0 Å². The maximum Gasteiger partial charge on any atom is 0.323 e. The highest BCUT2D eigenvalue weighted by Gasteiger charge is 2.09. The van der Waals surface area contributed by atoms with Crippen LogP contribution in [0.1, 0.15) is 20.8 Å². The predicted octanol–water partition coefficient (Wildman–Crippen LogP) is 0.189. The van der Waals surface area contributed by atoms with E-state index in [9.17, 15) is 4.79 Å². The SMILES string of the molecule is COCCON(NOC(C)=O)OC(C)C. The van der Waals surface area contributed by atoms with Crippen LogP contribution in [0.3, 0.4) is 0 Å². The monoisotopic (exact) mass is 222 g/mol. The molecule has 0 aliphatic carbocycles. The molecule has 0 heterocycles. The number of hydrazine groups is 1. The first-order valence-electron chi connectivity index (χ1n) is 4.58. The Morgan fingerprint density at radius 3 is 2.53 bits per heavy atom. The van der Waals surface area contributed by atoms with Gasteiger partial charge in [0.15, 0.2) is 0 Å². The van der Waals surface area contributed by atoms with Gasteiger partial charge in [0.2, 0.25) is 0 Å². The lowest BCUT2D eigenvalue weighted by Crippen LogP contribution is -2.41. The van der Waals surface area contributed by atoms with E-state index >= 15 is 0 Å². The van der Waals surface area contributed by atoms with Crippen molar-refractivity contribution < 1.29 is 24.0 Å². The molecule has 0 rings (SSSR count). The summed E-state index contributed by atoms with van der Waals surface area (Å²) >= 11 is 0. The maximum absolute atomic E-state index is 10.5. The van der Waals surface area contributed by atoms with Gasteiger partial charge in [0, 0.05) is 19.4 Å². The van der Waals surface area contributed by atoms with Gasteiger partial charge in [-0.05, 0) is 19.4 Å². The molecule has 0 bridgehead atoms. The predicted molar refractivity (Wildman–Crippen MR) is 50.8 cm³/mol. The van der Waals surface area contributed by atoms with Crippen molar-refractivity contribution >= 4 is 5.97 Å². The van der Waals surface area contributed by atoms with Gasteiger partial charge < -0.3 is 9.57 Å². The molecule has 1 N–H and O–H groups in total. The minimum Gasteiger partial charge on any atom is -0.382 e. The molecule has 7 heteroatoms. The van der Waals surface area contributed by atoms with Gasteiger partial charge in [-0.25, -0.2) is 0 Å². The highest BCUT2D eigenvalue weighted by Crippen LogP contribution is 1.95. The molecule has 0 spiro atoms. The molecular formula is C8H18N2O5. The van der Waals surface area contributed by atoms with Crippen molar-refractivity contribution in [3.05, 3.63) is 0 Å². The van der Waals surface area contributed by atoms with Crippen LogP contribution in [0, 0.1) is 0 Å². The van der Waals surface area contributed by atoms with Crippen LogP contribution in [0.4, 0.5) is 0 Å². The zero-order valence-corrected chi connectivity index (χ0v) is 9.48. The fraction of sp³-hybridized carbons (Fsp3) is 0.875. The van der Waals surface area contributed by atoms with Crippen LogP contribution >= 0.6 is 0 Å². The molecule has 0 radical (unpaired) electrons. The van der Waals surface area contributed by atoms with Crippen LogP contribution in [0.15, 0.2) is 0 Å². The van der Waals surface area contributed by atoms with Crippen LogP contribution in [0.2, 0.25) is 0 Å². The molecule has 0 aromatic heterocycles. The molecule has 0 saturated carbocycles. The van der Waals surface area contributed by atoms with Gasteiger partial charge in [-0.15, -0.1) is 0 Å². The Morgan fingerprint density at radius 2 is 2.07 bits per heavy atom. The number of hydrogen-bond acceptors (Lipinski definition) is 7. The van der Waals surface area contributed by atoms with E-state index in [-0.39, 0.29) is 12.7 Å². The Morgan fingerprint density at radius 1 is 1.40 bits per heavy atom. The molecule has 7 nitrogen and oxygen atoms in total. The zero-order chi connectivity index (χ0) is 11.7. The Balaban J connectivity index is 3.78. The topological polar surface area (TPSA) is 69.3 Å². The molecule has 90 valence electrons. The van der Waals surface area contributed by atoms with E-state index in [0.717, 1.165) is 5.34 Å². The second-order valence-electron chi connectivity index (χ2n) is 2.92. The number of nitrogens with one attached hydrogen (secondary N) is 1. The molecule has 0 aliphatic rings. The molecule has 0 saturated heterocycles. The quantitative estimate of drug-likeness (QED) is 0.464. The lowest BCUT2D eigenvalue weighted by Gasteiger charge is -2.21. The van der Waals surface area contributed by atoms with Crippen LogP contribution in [0.25, 0.3) is 0 Å². The molecule has 0 amide bonds. The first-order chi connectivity index (χ1) is 7.06. The minimum atomic E-state index is -0.498. The normalized spacial score (nSPS) is 11.1. The van der Waals surface area contributed by atoms with E-state index < -0.39 is 5.97 Å². The van der Waals surface area contributed by atoms with Gasteiger partial charge in [-0.1, -0.05) is 0 Å². The lowest BCUT2D eigenvalue weighted by molar-refractivity contribution is -0.444. The first kappa shape index (κ1) is 14.3. The molecule has 0 aliphatic heterocycles.